The fourth-order valence-corrected chi connectivity index (χ4v) is 1.85. The van der Waals surface area contributed by atoms with E-state index in [1.807, 2.05) is 25.6 Å². The van der Waals surface area contributed by atoms with Crippen molar-refractivity contribution in [3.8, 4) is 0 Å². The Balaban J connectivity index is 1.88. The van der Waals surface area contributed by atoms with E-state index in [1.54, 1.807) is 0 Å². The third kappa shape index (κ3) is 3.47. The molecule has 2 aromatic heterocycles. The quantitative estimate of drug-likeness (QED) is 0.853. The fraction of sp³-hybridized carbons (Fsp3) is 0.500. The number of aryl methyl sites for hydroxylation is 1. The summed E-state index contributed by atoms with van der Waals surface area (Å²) in [5.74, 6) is 2.65. The molecule has 4 nitrogen and oxygen atoms in total. The van der Waals surface area contributed by atoms with Crippen molar-refractivity contribution in [3.05, 3.63) is 41.9 Å². The van der Waals surface area contributed by atoms with Crippen molar-refractivity contribution in [3.63, 3.8) is 0 Å². The normalized spacial score (nSPS) is 11.3. The van der Waals surface area contributed by atoms with Crippen LogP contribution in [0.25, 0.3) is 0 Å². The lowest BCUT2D eigenvalue weighted by Crippen LogP contribution is -2.18. The van der Waals surface area contributed by atoms with Crippen molar-refractivity contribution >= 4 is 0 Å². The number of aromatic nitrogens is 2. The Hall–Kier alpha value is -1.55. The Morgan fingerprint density at radius 2 is 2.28 bits per heavy atom. The Labute approximate surface area is 108 Å². The maximum absolute atomic E-state index is 5.56. The van der Waals surface area contributed by atoms with Crippen molar-refractivity contribution in [2.75, 3.05) is 6.54 Å². The highest BCUT2D eigenvalue weighted by Gasteiger charge is 2.04. The smallest absolute Gasteiger partial charge is 0.123 e. The van der Waals surface area contributed by atoms with Gasteiger partial charge >= 0.3 is 0 Å². The Kier molecular flexibility index (Phi) is 4.20. The van der Waals surface area contributed by atoms with E-state index in [-0.39, 0.29) is 0 Å². The highest BCUT2D eigenvalue weighted by molar-refractivity contribution is 5.13. The number of hydrogen-bond donors (Lipinski definition) is 1. The van der Waals surface area contributed by atoms with Gasteiger partial charge in [0.1, 0.15) is 11.6 Å². The number of hydrogen-bond acceptors (Lipinski definition) is 3. The first-order chi connectivity index (χ1) is 8.65. The zero-order chi connectivity index (χ0) is 13.0. The molecule has 0 bridgehead atoms. The second kappa shape index (κ2) is 5.87. The minimum Gasteiger partial charge on any atom is -0.467 e. The van der Waals surface area contributed by atoms with E-state index < -0.39 is 0 Å². The van der Waals surface area contributed by atoms with Gasteiger partial charge in [-0.15, -0.1) is 0 Å². The monoisotopic (exact) mass is 247 g/mol. The molecule has 2 rings (SSSR count). The standard InChI is InChI=1S/C14H21N3O/c1-11(2)7-15-8-13-6-14(18-10-13)9-17-5-4-16-12(17)3/h4-6,10-11,15H,7-9H2,1-3H3. The van der Waals surface area contributed by atoms with Gasteiger partial charge in [-0.1, -0.05) is 13.8 Å². The molecule has 0 aliphatic heterocycles. The zero-order valence-electron chi connectivity index (χ0n) is 11.3. The molecule has 18 heavy (non-hydrogen) atoms. The lowest BCUT2D eigenvalue weighted by Gasteiger charge is -2.04. The molecule has 0 radical (unpaired) electrons. The average molecular weight is 247 g/mol. The van der Waals surface area contributed by atoms with Crippen molar-refractivity contribution < 1.29 is 4.42 Å². The molecule has 0 aliphatic rings. The summed E-state index contributed by atoms with van der Waals surface area (Å²) in [6.45, 7) is 9.04. The minimum absolute atomic E-state index is 0.671. The molecule has 0 fully saturated rings. The Morgan fingerprint density at radius 3 is 2.94 bits per heavy atom. The van der Waals surface area contributed by atoms with Gasteiger partial charge in [0.2, 0.25) is 0 Å². The van der Waals surface area contributed by atoms with Gasteiger partial charge in [0.05, 0.1) is 12.8 Å². The van der Waals surface area contributed by atoms with Crippen LogP contribution in [0.1, 0.15) is 31.0 Å². The summed E-state index contributed by atoms with van der Waals surface area (Å²) in [5, 5.41) is 3.41. The van der Waals surface area contributed by atoms with Crippen LogP contribution in [0.5, 0.6) is 0 Å². The predicted octanol–water partition coefficient (Wildman–Crippen LogP) is 2.58. The molecule has 0 aromatic carbocycles. The topological polar surface area (TPSA) is 43.0 Å². The molecular weight excluding hydrogens is 226 g/mol. The molecule has 2 aromatic rings. The van der Waals surface area contributed by atoms with E-state index in [9.17, 15) is 0 Å². The summed E-state index contributed by atoms with van der Waals surface area (Å²) in [7, 11) is 0. The van der Waals surface area contributed by atoms with Crippen molar-refractivity contribution in [2.24, 2.45) is 5.92 Å². The molecular formula is C14H21N3O. The van der Waals surface area contributed by atoms with Crippen LogP contribution < -0.4 is 5.32 Å². The minimum atomic E-state index is 0.671. The molecule has 1 N–H and O–H groups in total. The summed E-state index contributed by atoms with van der Waals surface area (Å²) in [4.78, 5) is 4.20. The largest absolute Gasteiger partial charge is 0.467 e. The molecule has 0 spiro atoms. The van der Waals surface area contributed by atoms with Gasteiger partial charge in [-0.05, 0) is 25.5 Å². The van der Waals surface area contributed by atoms with E-state index in [2.05, 4.69) is 34.8 Å². The van der Waals surface area contributed by atoms with Gasteiger partial charge in [-0.25, -0.2) is 4.98 Å². The van der Waals surface area contributed by atoms with Crippen molar-refractivity contribution in [1.29, 1.82) is 0 Å². The Bertz CT molecular complexity index is 485. The molecule has 98 valence electrons. The predicted molar refractivity (Wildman–Crippen MR) is 71.3 cm³/mol. The van der Waals surface area contributed by atoms with Crippen LogP contribution in [-0.4, -0.2) is 16.1 Å². The zero-order valence-corrected chi connectivity index (χ0v) is 11.3. The van der Waals surface area contributed by atoms with Crippen molar-refractivity contribution in [1.82, 2.24) is 14.9 Å². The fourth-order valence-electron chi connectivity index (χ4n) is 1.85. The average Bonchev–Trinajstić information content (AvgIpc) is 2.90. The summed E-state index contributed by atoms with van der Waals surface area (Å²) in [5.41, 5.74) is 1.20. The first-order valence-electron chi connectivity index (χ1n) is 6.40. The van der Waals surface area contributed by atoms with E-state index in [4.69, 9.17) is 4.42 Å². The van der Waals surface area contributed by atoms with E-state index >= 15 is 0 Å². The molecule has 0 saturated carbocycles. The van der Waals surface area contributed by atoms with Gasteiger partial charge < -0.3 is 14.3 Å². The molecule has 4 heteroatoms. The van der Waals surface area contributed by atoms with Crippen LogP contribution in [-0.2, 0) is 13.1 Å². The summed E-state index contributed by atoms with van der Waals surface area (Å²) in [6.07, 6.45) is 5.60. The second-order valence-electron chi connectivity index (χ2n) is 5.05. The first-order valence-corrected chi connectivity index (χ1v) is 6.40. The third-order valence-electron chi connectivity index (χ3n) is 2.84. The van der Waals surface area contributed by atoms with Gasteiger partial charge in [0.25, 0.3) is 0 Å². The number of imidazole rings is 1. The third-order valence-corrected chi connectivity index (χ3v) is 2.84. The van der Waals surface area contributed by atoms with Crippen molar-refractivity contribution in [2.45, 2.75) is 33.9 Å². The van der Waals surface area contributed by atoms with E-state index in [0.29, 0.717) is 5.92 Å². The highest BCUT2D eigenvalue weighted by atomic mass is 16.3. The van der Waals surface area contributed by atoms with Crippen LogP contribution >= 0.6 is 0 Å². The van der Waals surface area contributed by atoms with Gasteiger partial charge in [-0.3, -0.25) is 0 Å². The lowest BCUT2D eigenvalue weighted by molar-refractivity contribution is 0.487. The van der Waals surface area contributed by atoms with Crippen LogP contribution in [0.15, 0.2) is 29.1 Å². The number of furan rings is 1. The van der Waals surface area contributed by atoms with Crippen LogP contribution in [0.3, 0.4) is 0 Å². The Morgan fingerprint density at radius 1 is 1.44 bits per heavy atom. The highest BCUT2D eigenvalue weighted by Crippen LogP contribution is 2.10. The molecule has 0 saturated heterocycles. The molecule has 0 amide bonds. The van der Waals surface area contributed by atoms with E-state index in [1.165, 1.54) is 5.56 Å². The maximum Gasteiger partial charge on any atom is 0.123 e. The van der Waals surface area contributed by atoms with Gasteiger partial charge in [-0.2, -0.15) is 0 Å². The second-order valence-corrected chi connectivity index (χ2v) is 5.05. The maximum atomic E-state index is 5.56. The molecule has 0 atom stereocenters. The molecule has 0 unspecified atom stereocenters. The van der Waals surface area contributed by atoms with E-state index in [0.717, 1.165) is 31.2 Å². The summed E-state index contributed by atoms with van der Waals surface area (Å²) < 4.78 is 7.64. The van der Waals surface area contributed by atoms with Gasteiger partial charge in [0.15, 0.2) is 0 Å². The molecule has 0 aliphatic carbocycles. The van der Waals surface area contributed by atoms with Gasteiger partial charge in [0, 0.05) is 24.5 Å². The number of rotatable bonds is 6. The summed E-state index contributed by atoms with van der Waals surface area (Å²) >= 11 is 0. The molecule has 2 heterocycles. The number of nitrogens with one attached hydrogen (secondary N) is 1. The van der Waals surface area contributed by atoms with Crippen LogP contribution in [0.4, 0.5) is 0 Å². The lowest BCUT2D eigenvalue weighted by atomic mass is 10.2. The SMILES string of the molecule is Cc1nccn1Cc1cc(CNCC(C)C)co1. The van der Waals surface area contributed by atoms with Crippen LogP contribution in [0, 0.1) is 12.8 Å². The first kappa shape index (κ1) is 12.9. The number of nitrogens with zero attached hydrogens (tertiary/aromatic N) is 2. The summed E-state index contributed by atoms with van der Waals surface area (Å²) in [6, 6.07) is 2.10. The van der Waals surface area contributed by atoms with Crippen LogP contribution in [0.2, 0.25) is 0 Å².